The lowest BCUT2D eigenvalue weighted by Gasteiger charge is -2.19. The van der Waals surface area contributed by atoms with Gasteiger partial charge in [0.25, 0.3) is 5.91 Å². The van der Waals surface area contributed by atoms with Crippen molar-refractivity contribution in [1.29, 1.82) is 0 Å². The number of rotatable bonds is 9. The molecule has 7 heteroatoms. The predicted molar refractivity (Wildman–Crippen MR) is 131 cm³/mol. The van der Waals surface area contributed by atoms with Crippen molar-refractivity contribution in [3.05, 3.63) is 95.7 Å². The molecule has 0 aliphatic heterocycles. The lowest BCUT2D eigenvalue weighted by molar-refractivity contribution is -0.120. The predicted octanol–water partition coefficient (Wildman–Crippen LogP) is 3.86. The number of benzene rings is 3. The number of ether oxygens (including phenoxy) is 2. The average molecular weight is 458 g/mol. The van der Waals surface area contributed by atoms with E-state index in [1.165, 1.54) is 0 Å². The molecule has 1 atom stereocenters. The molecule has 3 aromatic carbocycles. The number of methoxy groups -OCH3 is 2. The summed E-state index contributed by atoms with van der Waals surface area (Å²) in [7, 11) is 3.20. The summed E-state index contributed by atoms with van der Waals surface area (Å²) in [5, 5.41) is 6.74. The van der Waals surface area contributed by atoms with Crippen LogP contribution in [-0.4, -0.2) is 44.1 Å². The van der Waals surface area contributed by atoms with E-state index in [1.54, 1.807) is 38.5 Å². The zero-order chi connectivity index (χ0) is 23.9. The van der Waals surface area contributed by atoms with Crippen LogP contribution in [0.25, 0.3) is 10.9 Å². The first-order chi connectivity index (χ1) is 16.6. The number of hydrogen-bond donors (Lipinski definition) is 3. The van der Waals surface area contributed by atoms with Gasteiger partial charge >= 0.3 is 0 Å². The molecule has 4 rings (SSSR count). The van der Waals surface area contributed by atoms with Crippen LogP contribution in [0.1, 0.15) is 27.4 Å². The first-order valence-electron chi connectivity index (χ1n) is 11.0. The summed E-state index contributed by atoms with van der Waals surface area (Å²) in [5.41, 5.74) is 3.63. The topological polar surface area (TPSA) is 92.4 Å². The normalized spacial score (nSPS) is 11.6. The lowest BCUT2D eigenvalue weighted by Crippen LogP contribution is -2.38. The molecule has 0 aliphatic carbocycles. The standard InChI is InChI=1S/C27H27N3O4/c1-33-20-11-7-18(8-12-20)23(24-16-28-25-6-4-3-5-22(24)25)15-29-26(31)17-30-27(32)19-9-13-21(34-2)14-10-19/h3-14,16,23,28H,15,17H2,1-2H3,(H,29,31)(H,30,32). The molecule has 4 aromatic rings. The van der Waals surface area contributed by atoms with E-state index in [0.717, 1.165) is 27.8 Å². The maximum absolute atomic E-state index is 12.6. The Labute approximate surface area is 198 Å². The highest BCUT2D eigenvalue weighted by Gasteiger charge is 2.19. The highest BCUT2D eigenvalue weighted by Crippen LogP contribution is 2.31. The molecular weight excluding hydrogens is 430 g/mol. The molecule has 0 fully saturated rings. The van der Waals surface area contributed by atoms with Gasteiger partial charge in [0.1, 0.15) is 11.5 Å². The first-order valence-corrected chi connectivity index (χ1v) is 11.0. The molecule has 0 saturated heterocycles. The number of hydrogen-bond acceptors (Lipinski definition) is 4. The van der Waals surface area contributed by atoms with Gasteiger partial charge in [-0.2, -0.15) is 0 Å². The van der Waals surface area contributed by atoms with Crippen molar-refractivity contribution in [2.75, 3.05) is 27.3 Å². The third-order valence-electron chi connectivity index (χ3n) is 5.78. The van der Waals surface area contributed by atoms with Crippen molar-refractivity contribution < 1.29 is 19.1 Å². The van der Waals surface area contributed by atoms with E-state index in [4.69, 9.17) is 9.47 Å². The Hall–Kier alpha value is -4.26. The van der Waals surface area contributed by atoms with Crippen molar-refractivity contribution in [2.45, 2.75) is 5.92 Å². The number of carbonyl (C=O) groups excluding carboxylic acids is 2. The Morgan fingerprint density at radius 2 is 1.50 bits per heavy atom. The van der Waals surface area contributed by atoms with Crippen LogP contribution in [0.4, 0.5) is 0 Å². The van der Waals surface area contributed by atoms with Gasteiger partial charge in [-0.15, -0.1) is 0 Å². The zero-order valence-electron chi connectivity index (χ0n) is 19.1. The second-order valence-electron chi connectivity index (χ2n) is 7.83. The minimum Gasteiger partial charge on any atom is -0.497 e. The van der Waals surface area contributed by atoms with Gasteiger partial charge < -0.3 is 25.1 Å². The third kappa shape index (κ3) is 5.20. The van der Waals surface area contributed by atoms with E-state index in [2.05, 4.69) is 21.7 Å². The van der Waals surface area contributed by atoms with Crippen LogP contribution in [0, 0.1) is 0 Å². The zero-order valence-corrected chi connectivity index (χ0v) is 19.1. The van der Waals surface area contributed by atoms with Gasteiger partial charge in [0.05, 0.1) is 20.8 Å². The second kappa shape index (κ2) is 10.6. The molecule has 0 saturated carbocycles. The van der Waals surface area contributed by atoms with Gasteiger partial charge in [-0.05, 0) is 53.6 Å². The average Bonchev–Trinajstić information content (AvgIpc) is 3.32. The Bertz CT molecular complexity index is 1260. The molecule has 0 bridgehead atoms. The minimum atomic E-state index is -0.318. The number of fused-ring (bicyclic) bond motifs is 1. The van der Waals surface area contributed by atoms with E-state index < -0.39 is 0 Å². The van der Waals surface area contributed by atoms with Gasteiger partial charge in [0.15, 0.2) is 0 Å². The molecule has 0 radical (unpaired) electrons. The highest BCUT2D eigenvalue weighted by atomic mass is 16.5. The van der Waals surface area contributed by atoms with E-state index in [1.807, 2.05) is 48.7 Å². The summed E-state index contributed by atoms with van der Waals surface area (Å²) in [6, 6.07) is 22.6. The SMILES string of the molecule is COc1ccc(C(=O)NCC(=O)NCC(c2ccc(OC)cc2)c2c[nH]c3ccccc23)cc1. The Morgan fingerprint density at radius 1 is 0.853 bits per heavy atom. The van der Waals surface area contributed by atoms with Crippen LogP contribution in [0.2, 0.25) is 0 Å². The summed E-state index contributed by atoms with van der Waals surface area (Å²) in [6.07, 6.45) is 1.98. The molecule has 7 nitrogen and oxygen atoms in total. The van der Waals surface area contributed by atoms with Crippen molar-refractivity contribution in [2.24, 2.45) is 0 Å². The number of aromatic amines is 1. The van der Waals surface area contributed by atoms with E-state index >= 15 is 0 Å². The number of nitrogens with one attached hydrogen (secondary N) is 3. The Morgan fingerprint density at radius 3 is 2.18 bits per heavy atom. The van der Waals surface area contributed by atoms with Crippen LogP contribution in [0.5, 0.6) is 11.5 Å². The molecule has 2 amide bonds. The Balaban J connectivity index is 1.44. The fourth-order valence-corrected chi connectivity index (χ4v) is 3.91. The molecule has 34 heavy (non-hydrogen) atoms. The maximum atomic E-state index is 12.6. The van der Waals surface area contributed by atoms with Gasteiger partial charge in [-0.25, -0.2) is 0 Å². The largest absolute Gasteiger partial charge is 0.497 e. The highest BCUT2D eigenvalue weighted by molar-refractivity contribution is 5.96. The molecule has 3 N–H and O–H groups in total. The number of H-pyrrole nitrogens is 1. The van der Waals surface area contributed by atoms with Crippen LogP contribution < -0.4 is 20.1 Å². The molecule has 174 valence electrons. The summed E-state index contributed by atoms with van der Waals surface area (Å²) >= 11 is 0. The summed E-state index contributed by atoms with van der Waals surface area (Å²) in [5.74, 6) is 0.771. The van der Waals surface area contributed by atoms with Crippen molar-refractivity contribution in [3.8, 4) is 11.5 Å². The van der Waals surface area contributed by atoms with Crippen molar-refractivity contribution in [3.63, 3.8) is 0 Å². The number of amides is 2. The van der Waals surface area contributed by atoms with E-state index in [-0.39, 0.29) is 24.3 Å². The van der Waals surface area contributed by atoms with E-state index in [9.17, 15) is 9.59 Å². The number of aromatic nitrogens is 1. The Kier molecular flexibility index (Phi) is 7.13. The van der Waals surface area contributed by atoms with E-state index in [0.29, 0.717) is 17.9 Å². The molecule has 0 aliphatic rings. The van der Waals surface area contributed by atoms with Gasteiger partial charge in [0, 0.05) is 35.1 Å². The fourth-order valence-electron chi connectivity index (χ4n) is 3.91. The van der Waals surface area contributed by atoms with Crippen LogP contribution >= 0.6 is 0 Å². The third-order valence-corrected chi connectivity index (χ3v) is 5.78. The summed E-state index contributed by atoms with van der Waals surface area (Å²) in [6.45, 7) is 0.263. The second-order valence-corrected chi connectivity index (χ2v) is 7.83. The van der Waals surface area contributed by atoms with Gasteiger partial charge in [-0.1, -0.05) is 30.3 Å². The summed E-state index contributed by atoms with van der Waals surface area (Å²) in [4.78, 5) is 28.2. The van der Waals surface area contributed by atoms with Gasteiger partial charge in [0.2, 0.25) is 5.91 Å². The smallest absolute Gasteiger partial charge is 0.251 e. The molecule has 1 heterocycles. The van der Waals surface area contributed by atoms with Crippen molar-refractivity contribution in [1.82, 2.24) is 15.6 Å². The fraction of sp³-hybridized carbons (Fsp3) is 0.185. The van der Waals surface area contributed by atoms with Crippen LogP contribution in [0.15, 0.2) is 79.0 Å². The molecular formula is C27H27N3O4. The molecule has 0 spiro atoms. The van der Waals surface area contributed by atoms with Gasteiger partial charge in [-0.3, -0.25) is 9.59 Å². The quantitative estimate of drug-likeness (QED) is 0.356. The number of para-hydroxylation sites is 1. The number of carbonyl (C=O) groups is 2. The monoisotopic (exact) mass is 457 g/mol. The summed E-state index contributed by atoms with van der Waals surface area (Å²) < 4.78 is 10.4. The lowest BCUT2D eigenvalue weighted by atomic mass is 9.91. The molecule has 1 unspecified atom stereocenters. The van der Waals surface area contributed by atoms with Crippen molar-refractivity contribution >= 4 is 22.7 Å². The maximum Gasteiger partial charge on any atom is 0.251 e. The minimum absolute atomic E-state index is 0.0803. The van der Waals surface area contributed by atoms with Crippen LogP contribution in [0.3, 0.4) is 0 Å². The molecule has 1 aromatic heterocycles. The van der Waals surface area contributed by atoms with Crippen LogP contribution in [-0.2, 0) is 4.79 Å². The first kappa shape index (κ1) is 22.9.